The van der Waals surface area contributed by atoms with Crippen LogP contribution in [0.1, 0.15) is 25.3 Å². The van der Waals surface area contributed by atoms with Crippen LogP contribution in [0.5, 0.6) is 5.75 Å². The molecule has 0 aliphatic carbocycles. The molecule has 1 aliphatic heterocycles. The molecule has 0 spiro atoms. The third-order valence-electron chi connectivity index (χ3n) is 4.98. The fraction of sp³-hybridized carbons (Fsp3) is 0.667. The predicted molar refractivity (Wildman–Crippen MR) is 127 cm³/mol. The van der Waals surface area contributed by atoms with Gasteiger partial charge >= 0.3 is 0 Å². The molecule has 1 aromatic rings. The minimum Gasteiger partial charge on any atom is -0.489 e. The molecule has 6 nitrogen and oxygen atoms in total. The smallest absolute Gasteiger partial charge is 0.191 e. The molecule has 160 valence electrons. The van der Waals surface area contributed by atoms with Crippen LogP contribution in [0.15, 0.2) is 29.3 Å². The number of guanidine groups is 1. The summed E-state index contributed by atoms with van der Waals surface area (Å²) in [6, 6.07) is 8.15. The van der Waals surface area contributed by atoms with Crippen LogP contribution < -0.4 is 15.4 Å². The molecule has 1 fully saturated rings. The average molecular weight is 504 g/mol. The molecule has 0 saturated carbocycles. The zero-order valence-corrected chi connectivity index (χ0v) is 20.1. The number of hydrogen-bond acceptors (Lipinski definition) is 4. The number of benzene rings is 1. The number of piperidine rings is 1. The summed E-state index contributed by atoms with van der Waals surface area (Å²) in [6.07, 6.45) is 2.51. The monoisotopic (exact) mass is 504 g/mol. The lowest BCUT2D eigenvalue weighted by atomic mass is 9.97. The van der Waals surface area contributed by atoms with Gasteiger partial charge in [0.2, 0.25) is 0 Å². The van der Waals surface area contributed by atoms with E-state index in [1.165, 1.54) is 18.4 Å². The number of nitrogens with zero attached hydrogens (tertiary/aromatic N) is 2. The third-order valence-corrected chi connectivity index (χ3v) is 4.98. The van der Waals surface area contributed by atoms with E-state index in [1.807, 2.05) is 19.2 Å². The Morgan fingerprint density at radius 2 is 2.04 bits per heavy atom. The quantitative estimate of drug-likeness (QED) is 0.308. The molecular formula is C21H37IN4O2. The molecule has 0 bridgehead atoms. The Morgan fingerprint density at radius 1 is 1.29 bits per heavy atom. The number of rotatable bonds is 9. The van der Waals surface area contributed by atoms with E-state index in [0.29, 0.717) is 12.5 Å². The van der Waals surface area contributed by atoms with Crippen molar-refractivity contribution >= 4 is 29.9 Å². The van der Waals surface area contributed by atoms with Crippen LogP contribution in [0.2, 0.25) is 0 Å². The summed E-state index contributed by atoms with van der Waals surface area (Å²) < 4.78 is 11.1. The van der Waals surface area contributed by atoms with Gasteiger partial charge in [-0.2, -0.15) is 0 Å². The lowest BCUT2D eigenvalue weighted by molar-refractivity contribution is 0.121. The van der Waals surface area contributed by atoms with Gasteiger partial charge in [0.05, 0.1) is 13.2 Å². The van der Waals surface area contributed by atoms with Gasteiger partial charge in [0.15, 0.2) is 5.96 Å². The van der Waals surface area contributed by atoms with Gasteiger partial charge in [-0.1, -0.05) is 12.1 Å². The number of aliphatic imine (C=N–C) groups is 1. The minimum absolute atomic E-state index is 0. The molecule has 1 aliphatic rings. The fourth-order valence-corrected chi connectivity index (χ4v) is 3.30. The molecule has 1 unspecified atom stereocenters. The van der Waals surface area contributed by atoms with Crippen molar-refractivity contribution in [1.29, 1.82) is 0 Å². The van der Waals surface area contributed by atoms with Gasteiger partial charge in [-0.3, -0.25) is 4.99 Å². The molecule has 1 saturated heterocycles. The largest absolute Gasteiger partial charge is 0.489 e. The van der Waals surface area contributed by atoms with Crippen molar-refractivity contribution in [3.63, 3.8) is 0 Å². The van der Waals surface area contributed by atoms with Crippen LogP contribution in [0, 0.1) is 12.8 Å². The van der Waals surface area contributed by atoms with Crippen LogP contribution in [0.25, 0.3) is 0 Å². The number of aryl methyl sites for hydroxylation is 1. The van der Waals surface area contributed by atoms with Crippen molar-refractivity contribution in [3.05, 3.63) is 29.8 Å². The van der Waals surface area contributed by atoms with Gasteiger partial charge < -0.3 is 25.0 Å². The van der Waals surface area contributed by atoms with Gasteiger partial charge in [-0.25, -0.2) is 0 Å². The zero-order valence-electron chi connectivity index (χ0n) is 17.7. The highest BCUT2D eigenvalue weighted by molar-refractivity contribution is 14.0. The van der Waals surface area contributed by atoms with E-state index < -0.39 is 0 Å². The predicted octanol–water partition coefficient (Wildman–Crippen LogP) is 2.90. The van der Waals surface area contributed by atoms with E-state index in [0.717, 1.165) is 44.5 Å². The second-order valence-electron chi connectivity index (χ2n) is 7.36. The van der Waals surface area contributed by atoms with Gasteiger partial charge in [0.1, 0.15) is 11.9 Å². The average Bonchev–Trinajstić information content (AvgIpc) is 2.67. The SMILES string of the molecule is CN=C(NCC1CCN(CCOC)CC1)NCC(C)Oc1cccc(C)c1.I. The number of methoxy groups -OCH3 is 1. The van der Waals surface area contributed by atoms with Gasteiger partial charge in [-0.15, -0.1) is 24.0 Å². The molecule has 1 heterocycles. The van der Waals surface area contributed by atoms with Crippen LogP contribution in [-0.2, 0) is 4.74 Å². The molecular weight excluding hydrogens is 467 g/mol. The molecule has 7 heteroatoms. The Bertz CT molecular complexity index is 577. The molecule has 2 N–H and O–H groups in total. The van der Waals surface area contributed by atoms with E-state index in [1.54, 1.807) is 7.11 Å². The fourth-order valence-electron chi connectivity index (χ4n) is 3.30. The molecule has 1 atom stereocenters. The lowest BCUT2D eigenvalue weighted by Gasteiger charge is -2.32. The number of hydrogen-bond donors (Lipinski definition) is 2. The zero-order chi connectivity index (χ0) is 19.5. The first kappa shape index (κ1) is 25.0. The second-order valence-corrected chi connectivity index (χ2v) is 7.36. The Labute approximate surface area is 187 Å². The van der Waals surface area contributed by atoms with Crippen LogP contribution in [0.4, 0.5) is 0 Å². The highest BCUT2D eigenvalue weighted by atomic mass is 127. The summed E-state index contributed by atoms with van der Waals surface area (Å²) in [6.45, 7) is 9.99. The maximum Gasteiger partial charge on any atom is 0.191 e. The highest BCUT2D eigenvalue weighted by Gasteiger charge is 2.19. The van der Waals surface area contributed by atoms with Crippen molar-refractivity contribution in [2.45, 2.75) is 32.8 Å². The first-order chi connectivity index (χ1) is 13.1. The van der Waals surface area contributed by atoms with Crippen LogP contribution in [0.3, 0.4) is 0 Å². The summed E-state index contributed by atoms with van der Waals surface area (Å²) in [5, 5.41) is 6.83. The molecule has 2 rings (SSSR count). The maximum absolute atomic E-state index is 5.97. The van der Waals surface area contributed by atoms with E-state index in [9.17, 15) is 0 Å². The van der Waals surface area contributed by atoms with Crippen molar-refractivity contribution in [1.82, 2.24) is 15.5 Å². The summed E-state index contributed by atoms with van der Waals surface area (Å²) in [5.74, 6) is 2.45. The Kier molecular flexibility index (Phi) is 12.5. The lowest BCUT2D eigenvalue weighted by Crippen LogP contribution is -2.45. The summed E-state index contributed by atoms with van der Waals surface area (Å²) in [4.78, 5) is 6.82. The number of likely N-dealkylation sites (tertiary alicyclic amines) is 1. The first-order valence-electron chi connectivity index (χ1n) is 10.00. The number of nitrogens with one attached hydrogen (secondary N) is 2. The van der Waals surface area contributed by atoms with Crippen LogP contribution in [-0.4, -0.2) is 70.5 Å². The molecule has 0 radical (unpaired) electrons. The van der Waals surface area contributed by atoms with Crippen molar-refractivity contribution in [2.75, 3.05) is 53.5 Å². The minimum atomic E-state index is 0. The van der Waals surface area contributed by atoms with Crippen LogP contribution >= 0.6 is 24.0 Å². The Balaban J connectivity index is 0.00000392. The van der Waals surface area contributed by atoms with Gasteiger partial charge in [-0.05, 0) is 63.4 Å². The molecule has 28 heavy (non-hydrogen) atoms. The molecule has 1 aromatic carbocycles. The second kappa shape index (κ2) is 14.0. The van der Waals surface area contributed by atoms with Gasteiger partial charge in [0, 0.05) is 27.2 Å². The van der Waals surface area contributed by atoms with E-state index in [4.69, 9.17) is 9.47 Å². The third kappa shape index (κ3) is 9.43. The molecule has 0 amide bonds. The van der Waals surface area contributed by atoms with E-state index in [-0.39, 0.29) is 30.1 Å². The van der Waals surface area contributed by atoms with E-state index >= 15 is 0 Å². The summed E-state index contributed by atoms with van der Waals surface area (Å²) in [5.41, 5.74) is 1.21. The van der Waals surface area contributed by atoms with Crippen molar-refractivity contribution < 1.29 is 9.47 Å². The number of halogens is 1. The normalized spacial score (nSPS) is 16.9. The molecule has 0 aromatic heterocycles. The van der Waals surface area contributed by atoms with Crippen molar-refractivity contribution in [2.24, 2.45) is 10.9 Å². The number of ether oxygens (including phenoxy) is 2. The highest BCUT2D eigenvalue weighted by Crippen LogP contribution is 2.16. The van der Waals surface area contributed by atoms with E-state index in [2.05, 4.69) is 46.5 Å². The maximum atomic E-state index is 5.97. The first-order valence-corrected chi connectivity index (χ1v) is 10.00. The summed E-state index contributed by atoms with van der Waals surface area (Å²) >= 11 is 0. The Hall–Kier alpha value is -1.06. The Morgan fingerprint density at radius 3 is 2.68 bits per heavy atom. The summed E-state index contributed by atoms with van der Waals surface area (Å²) in [7, 11) is 3.58. The van der Waals surface area contributed by atoms with Crippen molar-refractivity contribution in [3.8, 4) is 5.75 Å². The standard InChI is InChI=1S/C21H36N4O2.HI/c1-17-6-5-7-20(14-17)27-18(2)15-23-21(22-3)24-16-19-8-10-25(11-9-19)12-13-26-4;/h5-7,14,18-19H,8-13,15-16H2,1-4H3,(H2,22,23,24);1H. The van der Waals surface area contributed by atoms with Gasteiger partial charge in [0.25, 0.3) is 0 Å². The topological polar surface area (TPSA) is 58.1 Å².